The van der Waals surface area contributed by atoms with E-state index in [0.29, 0.717) is 5.92 Å². The average Bonchev–Trinajstić information content (AvgIpc) is 2.18. The van der Waals surface area contributed by atoms with Crippen molar-refractivity contribution < 1.29 is 0 Å². The Balaban J connectivity index is 2.64. The van der Waals surface area contributed by atoms with Gasteiger partial charge >= 0.3 is 0 Å². The normalized spacial score (nSPS) is 10.9. The number of nitrogens with two attached hydrogens (primary N) is 1. The lowest BCUT2D eigenvalue weighted by molar-refractivity contribution is 0.866. The Labute approximate surface area is 96.2 Å². The molecular weight excluding hydrogens is 204 g/mol. The monoisotopic (exact) mass is 220 g/mol. The molecule has 1 rings (SSSR count). The number of rotatable bonds is 3. The first-order valence-electron chi connectivity index (χ1n) is 4.92. The van der Waals surface area contributed by atoms with E-state index in [1.807, 2.05) is 6.08 Å². The van der Waals surface area contributed by atoms with Gasteiger partial charge in [-0.2, -0.15) is 0 Å². The molecule has 0 aliphatic heterocycles. The lowest BCUT2D eigenvalue weighted by Crippen LogP contribution is -2.23. The van der Waals surface area contributed by atoms with E-state index in [-0.39, 0.29) is 5.11 Å². The zero-order valence-corrected chi connectivity index (χ0v) is 9.84. The Bertz CT molecular complexity index is 352. The quantitative estimate of drug-likeness (QED) is 0.769. The van der Waals surface area contributed by atoms with Crippen molar-refractivity contribution >= 4 is 23.4 Å². The molecule has 2 nitrogen and oxygen atoms in total. The van der Waals surface area contributed by atoms with Crippen LogP contribution in [0.4, 0.5) is 0 Å². The topological polar surface area (TPSA) is 38.0 Å². The van der Waals surface area contributed by atoms with Crippen molar-refractivity contribution in [3.05, 3.63) is 41.6 Å². The first-order chi connectivity index (χ1) is 7.09. The van der Waals surface area contributed by atoms with E-state index in [1.165, 1.54) is 5.56 Å². The summed E-state index contributed by atoms with van der Waals surface area (Å²) < 4.78 is 0. The van der Waals surface area contributed by atoms with Crippen molar-refractivity contribution in [3.63, 3.8) is 0 Å². The molecule has 0 aromatic heterocycles. The highest BCUT2D eigenvalue weighted by Crippen LogP contribution is 2.14. The van der Waals surface area contributed by atoms with Crippen LogP contribution < -0.4 is 11.1 Å². The SMILES string of the molecule is CC(C)c1ccc(/C=C/NC(N)=S)cc1. The van der Waals surface area contributed by atoms with E-state index in [0.717, 1.165) is 5.56 Å². The molecule has 0 unspecified atom stereocenters. The van der Waals surface area contributed by atoms with E-state index in [4.69, 9.17) is 5.73 Å². The van der Waals surface area contributed by atoms with Crippen molar-refractivity contribution in [1.29, 1.82) is 0 Å². The van der Waals surface area contributed by atoms with Crippen LogP contribution >= 0.6 is 12.2 Å². The maximum absolute atomic E-state index is 5.29. The van der Waals surface area contributed by atoms with E-state index < -0.39 is 0 Å². The van der Waals surface area contributed by atoms with Crippen LogP contribution in [0.2, 0.25) is 0 Å². The molecule has 80 valence electrons. The number of nitrogens with one attached hydrogen (secondary N) is 1. The van der Waals surface area contributed by atoms with Gasteiger partial charge in [-0.25, -0.2) is 0 Å². The van der Waals surface area contributed by atoms with Crippen molar-refractivity contribution in [2.45, 2.75) is 19.8 Å². The van der Waals surface area contributed by atoms with Crippen LogP contribution in [0.1, 0.15) is 30.9 Å². The molecule has 0 spiro atoms. The second-order valence-electron chi connectivity index (χ2n) is 3.66. The fourth-order valence-electron chi connectivity index (χ4n) is 1.21. The molecule has 0 radical (unpaired) electrons. The highest BCUT2D eigenvalue weighted by molar-refractivity contribution is 7.80. The summed E-state index contributed by atoms with van der Waals surface area (Å²) in [5, 5.41) is 3.04. The molecule has 3 N–H and O–H groups in total. The molecule has 15 heavy (non-hydrogen) atoms. The Morgan fingerprint density at radius 3 is 2.40 bits per heavy atom. The smallest absolute Gasteiger partial charge is 0.167 e. The summed E-state index contributed by atoms with van der Waals surface area (Å²) in [5.74, 6) is 0.567. The molecule has 1 aromatic rings. The van der Waals surface area contributed by atoms with Gasteiger partial charge in [0.1, 0.15) is 0 Å². The van der Waals surface area contributed by atoms with Crippen molar-refractivity contribution in [3.8, 4) is 0 Å². The van der Waals surface area contributed by atoms with E-state index in [1.54, 1.807) is 6.20 Å². The lowest BCUT2D eigenvalue weighted by atomic mass is 10.0. The van der Waals surface area contributed by atoms with Gasteiger partial charge in [0.2, 0.25) is 0 Å². The third-order valence-electron chi connectivity index (χ3n) is 2.10. The number of thiocarbonyl (C=S) groups is 1. The fourth-order valence-corrected chi connectivity index (χ4v) is 1.28. The van der Waals surface area contributed by atoms with Crippen LogP contribution in [0.3, 0.4) is 0 Å². The Morgan fingerprint density at radius 1 is 1.33 bits per heavy atom. The minimum absolute atomic E-state index is 0.282. The number of hydrogen-bond donors (Lipinski definition) is 2. The molecule has 0 bridgehead atoms. The largest absolute Gasteiger partial charge is 0.376 e. The zero-order chi connectivity index (χ0) is 11.3. The zero-order valence-electron chi connectivity index (χ0n) is 9.03. The molecule has 0 fully saturated rings. The summed E-state index contributed by atoms with van der Waals surface area (Å²) in [6, 6.07) is 8.41. The van der Waals surface area contributed by atoms with Crippen LogP contribution in [-0.2, 0) is 0 Å². The Kier molecular flexibility index (Phi) is 4.31. The van der Waals surface area contributed by atoms with Gasteiger partial charge in [-0.1, -0.05) is 38.1 Å². The second-order valence-corrected chi connectivity index (χ2v) is 4.10. The van der Waals surface area contributed by atoms with Crippen molar-refractivity contribution in [2.75, 3.05) is 0 Å². The fraction of sp³-hybridized carbons (Fsp3) is 0.250. The van der Waals surface area contributed by atoms with Gasteiger partial charge in [0.25, 0.3) is 0 Å². The highest BCUT2D eigenvalue weighted by atomic mass is 32.1. The minimum Gasteiger partial charge on any atom is -0.376 e. The van der Waals surface area contributed by atoms with Crippen LogP contribution in [0.15, 0.2) is 30.5 Å². The summed E-state index contributed by atoms with van der Waals surface area (Å²) in [5.41, 5.74) is 7.76. The van der Waals surface area contributed by atoms with E-state index in [2.05, 4.69) is 55.6 Å². The molecular formula is C12H16N2S. The maximum Gasteiger partial charge on any atom is 0.167 e. The molecule has 0 saturated carbocycles. The van der Waals surface area contributed by atoms with Gasteiger partial charge in [0.05, 0.1) is 0 Å². The van der Waals surface area contributed by atoms with Gasteiger partial charge in [-0.05, 0) is 35.3 Å². The Hall–Kier alpha value is -1.35. The number of hydrogen-bond acceptors (Lipinski definition) is 1. The third-order valence-corrected chi connectivity index (χ3v) is 2.22. The molecule has 0 amide bonds. The van der Waals surface area contributed by atoms with Crippen LogP contribution in [0.25, 0.3) is 6.08 Å². The molecule has 1 aromatic carbocycles. The van der Waals surface area contributed by atoms with Gasteiger partial charge < -0.3 is 11.1 Å². The van der Waals surface area contributed by atoms with Gasteiger partial charge in [-0.15, -0.1) is 0 Å². The lowest BCUT2D eigenvalue weighted by Gasteiger charge is -2.04. The second kappa shape index (κ2) is 5.51. The standard InChI is InChI=1S/C12H16N2S/c1-9(2)11-5-3-10(4-6-11)7-8-14-12(13)15/h3-9H,1-2H3,(H3,13,14,15)/b8-7+. The first kappa shape index (κ1) is 11.7. The van der Waals surface area contributed by atoms with Crippen LogP contribution in [0.5, 0.6) is 0 Å². The molecule has 0 aliphatic carbocycles. The van der Waals surface area contributed by atoms with Crippen LogP contribution in [0, 0.1) is 0 Å². The molecule has 0 saturated heterocycles. The van der Waals surface area contributed by atoms with E-state index in [9.17, 15) is 0 Å². The molecule has 0 heterocycles. The summed E-state index contributed by atoms with van der Waals surface area (Å²) in [6.07, 6.45) is 3.68. The predicted molar refractivity (Wildman–Crippen MR) is 69.5 cm³/mol. The van der Waals surface area contributed by atoms with Gasteiger partial charge in [-0.3, -0.25) is 0 Å². The number of benzene rings is 1. The predicted octanol–water partition coefficient (Wildman–Crippen LogP) is 2.61. The summed E-state index contributed by atoms with van der Waals surface area (Å²) in [4.78, 5) is 0. The minimum atomic E-state index is 0.282. The van der Waals surface area contributed by atoms with E-state index >= 15 is 0 Å². The summed E-state index contributed by atoms with van der Waals surface area (Å²) in [6.45, 7) is 4.36. The highest BCUT2D eigenvalue weighted by Gasteiger charge is 1.96. The molecule has 0 atom stereocenters. The van der Waals surface area contributed by atoms with Crippen molar-refractivity contribution in [2.24, 2.45) is 5.73 Å². The van der Waals surface area contributed by atoms with Gasteiger partial charge in [0.15, 0.2) is 5.11 Å². The van der Waals surface area contributed by atoms with Gasteiger partial charge in [0, 0.05) is 6.20 Å². The van der Waals surface area contributed by atoms with Crippen molar-refractivity contribution in [1.82, 2.24) is 5.32 Å². The van der Waals surface area contributed by atoms with Crippen LogP contribution in [-0.4, -0.2) is 5.11 Å². The summed E-state index contributed by atoms with van der Waals surface area (Å²) >= 11 is 4.68. The maximum atomic E-state index is 5.29. The first-order valence-corrected chi connectivity index (χ1v) is 5.33. The molecule has 3 heteroatoms. The third kappa shape index (κ3) is 4.13. The summed E-state index contributed by atoms with van der Waals surface area (Å²) in [7, 11) is 0. The molecule has 0 aliphatic rings. The Morgan fingerprint density at radius 2 is 1.93 bits per heavy atom. The average molecular weight is 220 g/mol.